The maximum atomic E-state index is 14.2. The topological polar surface area (TPSA) is 61.2 Å². The van der Waals surface area contributed by atoms with Crippen LogP contribution in [-0.2, 0) is 15.0 Å². The highest BCUT2D eigenvalue weighted by Gasteiger charge is 2.63. The third-order valence-corrected chi connectivity index (χ3v) is 6.53. The summed E-state index contributed by atoms with van der Waals surface area (Å²) < 4.78 is 0. The molecular weight excluding hydrogens is 420 g/mol. The van der Waals surface area contributed by atoms with Crippen LogP contribution in [0.4, 0.5) is 5.69 Å². The molecule has 0 radical (unpaired) electrons. The van der Waals surface area contributed by atoms with Gasteiger partial charge in [0.2, 0.25) is 0 Å². The van der Waals surface area contributed by atoms with Gasteiger partial charge in [0, 0.05) is 23.4 Å². The molecule has 1 aliphatic carbocycles. The first-order chi connectivity index (χ1) is 16.5. The molecule has 0 N–H and O–H groups in total. The Morgan fingerprint density at radius 2 is 1.65 bits per heavy atom. The second-order valence-corrected chi connectivity index (χ2v) is 8.50. The molecule has 0 saturated heterocycles. The van der Waals surface area contributed by atoms with Crippen molar-refractivity contribution in [1.29, 1.82) is 5.26 Å². The number of amides is 1. The van der Waals surface area contributed by atoms with E-state index in [0.29, 0.717) is 22.4 Å². The van der Waals surface area contributed by atoms with Gasteiger partial charge in [0.05, 0.1) is 0 Å². The zero-order valence-corrected chi connectivity index (χ0v) is 18.8. The number of para-hydroxylation sites is 1. The minimum atomic E-state index is -1.61. The average Bonchev–Trinajstić information content (AvgIpc) is 3.26. The average molecular weight is 443 g/mol. The third kappa shape index (κ3) is 2.91. The summed E-state index contributed by atoms with van der Waals surface area (Å²) in [7, 11) is 0. The van der Waals surface area contributed by atoms with Crippen molar-refractivity contribution in [2.24, 2.45) is 0 Å². The van der Waals surface area contributed by atoms with Crippen molar-refractivity contribution in [2.45, 2.75) is 12.3 Å². The number of rotatable bonds is 4. The number of aryl methyl sites for hydroxylation is 1. The molecule has 2 aliphatic rings. The lowest BCUT2D eigenvalue weighted by Gasteiger charge is -2.25. The molecule has 1 aliphatic heterocycles. The van der Waals surface area contributed by atoms with E-state index in [1.54, 1.807) is 11.0 Å². The van der Waals surface area contributed by atoms with Crippen molar-refractivity contribution >= 4 is 29.0 Å². The zero-order chi connectivity index (χ0) is 23.9. The molecule has 1 heterocycles. The number of allylic oxidation sites excluding steroid dienone is 2. The van der Waals surface area contributed by atoms with Crippen molar-refractivity contribution in [1.82, 2.24) is 0 Å². The Bertz CT molecular complexity index is 1440. The van der Waals surface area contributed by atoms with Crippen molar-refractivity contribution < 1.29 is 9.59 Å². The van der Waals surface area contributed by atoms with Crippen molar-refractivity contribution in [3.63, 3.8) is 0 Å². The summed E-state index contributed by atoms with van der Waals surface area (Å²) >= 11 is 0. The van der Waals surface area contributed by atoms with E-state index in [9.17, 15) is 14.9 Å². The Balaban J connectivity index is 1.87. The maximum Gasteiger partial charge on any atom is 0.250 e. The Hall–Kier alpha value is -4.49. The van der Waals surface area contributed by atoms with E-state index in [1.165, 1.54) is 0 Å². The molecule has 0 aromatic heterocycles. The number of Topliss-reactive ketones (excluding diaryl/α,β-unsaturated/α-hetero) is 1. The number of ketones is 1. The van der Waals surface area contributed by atoms with Crippen LogP contribution >= 0.6 is 0 Å². The van der Waals surface area contributed by atoms with Gasteiger partial charge < -0.3 is 4.90 Å². The van der Waals surface area contributed by atoms with E-state index in [0.717, 1.165) is 16.7 Å². The summed E-state index contributed by atoms with van der Waals surface area (Å²) in [6, 6.07) is 26.7. The van der Waals surface area contributed by atoms with Crippen molar-refractivity contribution in [3.05, 3.63) is 125 Å². The molecule has 1 atom stereocenters. The Labute approximate surface area is 198 Å². The zero-order valence-electron chi connectivity index (χ0n) is 18.8. The Kier molecular flexibility index (Phi) is 5.11. The van der Waals surface area contributed by atoms with Crippen LogP contribution < -0.4 is 4.90 Å². The monoisotopic (exact) mass is 442 g/mol. The lowest BCUT2D eigenvalue weighted by molar-refractivity contribution is -0.129. The Morgan fingerprint density at radius 3 is 2.32 bits per heavy atom. The van der Waals surface area contributed by atoms with Crippen LogP contribution in [0.5, 0.6) is 0 Å². The number of hydrogen-bond donors (Lipinski definition) is 0. The van der Waals surface area contributed by atoms with Gasteiger partial charge in [-0.2, -0.15) is 5.26 Å². The highest BCUT2D eigenvalue weighted by molar-refractivity contribution is 6.38. The first kappa shape index (κ1) is 21.4. The van der Waals surface area contributed by atoms with E-state index in [1.807, 2.05) is 91.9 Å². The van der Waals surface area contributed by atoms with Crippen molar-refractivity contribution in [2.75, 3.05) is 11.4 Å². The van der Waals surface area contributed by atoms with E-state index in [2.05, 4.69) is 12.6 Å². The molecule has 1 spiro atoms. The van der Waals surface area contributed by atoms with Gasteiger partial charge in [0.25, 0.3) is 5.91 Å². The van der Waals surface area contributed by atoms with Crippen LogP contribution in [0.15, 0.2) is 103 Å². The molecule has 3 aromatic rings. The quantitative estimate of drug-likeness (QED) is 0.401. The molecule has 4 heteroatoms. The molecule has 3 aromatic carbocycles. The summed E-state index contributed by atoms with van der Waals surface area (Å²) in [6.07, 6.45) is 3.53. The molecule has 4 nitrogen and oxygen atoms in total. The molecule has 0 bridgehead atoms. The minimum absolute atomic E-state index is 0.00756. The normalized spacial score (nSPS) is 20.2. The van der Waals surface area contributed by atoms with Gasteiger partial charge in [-0.3, -0.25) is 9.59 Å². The second-order valence-electron chi connectivity index (χ2n) is 8.50. The summed E-state index contributed by atoms with van der Waals surface area (Å²) in [4.78, 5) is 29.9. The predicted molar refractivity (Wildman–Crippen MR) is 134 cm³/mol. The first-order valence-corrected chi connectivity index (χ1v) is 11.1. The van der Waals surface area contributed by atoms with Gasteiger partial charge in [0.15, 0.2) is 11.2 Å². The highest BCUT2D eigenvalue weighted by Crippen LogP contribution is 2.56. The van der Waals surface area contributed by atoms with E-state index in [4.69, 9.17) is 0 Å². The van der Waals surface area contributed by atoms with Gasteiger partial charge in [-0.1, -0.05) is 84.4 Å². The van der Waals surface area contributed by atoms with Crippen LogP contribution in [0.3, 0.4) is 0 Å². The lowest BCUT2D eigenvalue weighted by Crippen LogP contribution is -2.45. The smallest absolute Gasteiger partial charge is 0.250 e. The minimum Gasteiger partial charge on any atom is -0.307 e. The summed E-state index contributed by atoms with van der Waals surface area (Å²) in [6.45, 7) is 6.07. The fraction of sp³-hybridized carbons (Fsp3) is 0.100. The SMILES string of the molecule is C=CCN1C(=O)C2(C(=O)C(C#N)=C(c3ccccc3)/C2=C\c2ccc(C)cc2)c2ccccc21. The summed E-state index contributed by atoms with van der Waals surface area (Å²) in [5.74, 6) is -0.827. The molecule has 0 fully saturated rings. The second kappa shape index (κ2) is 8.13. The van der Waals surface area contributed by atoms with Crippen LogP contribution in [0.1, 0.15) is 22.3 Å². The van der Waals surface area contributed by atoms with Gasteiger partial charge >= 0.3 is 0 Å². The fourth-order valence-corrected chi connectivity index (χ4v) is 5.01. The Morgan fingerprint density at radius 1 is 0.971 bits per heavy atom. The van der Waals surface area contributed by atoms with Gasteiger partial charge in [-0.05, 0) is 35.8 Å². The molecule has 5 rings (SSSR count). The van der Waals surface area contributed by atoms with E-state index in [-0.39, 0.29) is 18.0 Å². The largest absolute Gasteiger partial charge is 0.307 e. The lowest BCUT2D eigenvalue weighted by atomic mass is 9.72. The van der Waals surface area contributed by atoms with Gasteiger partial charge in [-0.15, -0.1) is 6.58 Å². The predicted octanol–water partition coefficient (Wildman–Crippen LogP) is 5.41. The van der Waals surface area contributed by atoms with Crippen LogP contribution in [0.25, 0.3) is 11.6 Å². The molecule has 1 unspecified atom stereocenters. The van der Waals surface area contributed by atoms with Gasteiger partial charge in [0.1, 0.15) is 11.6 Å². The highest BCUT2D eigenvalue weighted by atomic mass is 16.2. The molecule has 164 valence electrons. The van der Waals surface area contributed by atoms with Crippen LogP contribution in [0, 0.1) is 18.3 Å². The number of nitrogens with zero attached hydrogens (tertiary/aromatic N) is 2. The molecule has 1 amide bonds. The van der Waals surface area contributed by atoms with Crippen LogP contribution in [-0.4, -0.2) is 18.2 Å². The number of hydrogen-bond acceptors (Lipinski definition) is 3. The first-order valence-electron chi connectivity index (χ1n) is 11.1. The number of anilines is 1. The number of carbonyl (C=O) groups excluding carboxylic acids is 2. The molecular formula is C30H22N2O2. The van der Waals surface area contributed by atoms with Crippen LogP contribution in [0.2, 0.25) is 0 Å². The fourth-order valence-electron chi connectivity index (χ4n) is 5.01. The van der Waals surface area contributed by atoms with Gasteiger partial charge in [-0.25, -0.2) is 0 Å². The molecule has 0 saturated carbocycles. The molecule has 34 heavy (non-hydrogen) atoms. The van der Waals surface area contributed by atoms with E-state index < -0.39 is 11.2 Å². The number of carbonyl (C=O) groups is 2. The summed E-state index contributed by atoms with van der Waals surface area (Å²) in [5.41, 5.74) is 3.41. The number of nitriles is 1. The van der Waals surface area contributed by atoms with E-state index >= 15 is 0 Å². The van der Waals surface area contributed by atoms with Crippen molar-refractivity contribution in [3.8, 4) is 6.07 Å². The maximum absolute atomic E-state index is 14.2. The number of benzene rings is 3. The third-order valence-electron chi connectivity index (χ3n) is 6.53. The summed E-state index contributed by atoms with van der Waals surface area (Å²) in [5, 5.41) is 10.1. The standard InChI is InChI=1S/C30H22N2O2/c1-3-17-32-26-12-8-7-11-24(26)30(29(32)34)25(18-21-15-13-20(2)14-16-21)27(23(19-31)28(30)33)22-9-5-4-6-10-22/h3-16,18H,1,17H2,2H3/b25-18+. The number of fused-ring (bicyclic) bond motifs is 2.